The number of hydrogen-bond donors (Lipinski definition) is 0. The van der Waals surface area contributed by atoms with Gasteiger partial charge in [-0.05, 0) is 76.1 Å². The molecule has 1 unspecified atom stereocenters. The van der Waals surface area contributed by atoms with Gasteiger partial charge in [0.15, 0.2) is 5.78 Å². The molecule has 6 nitrogen and oxygen atoms in total. The number of aldehydes is 1. The average molecular weight is 660 g/mol. The van der Waals surface area contributed by atoms with Crippen molar-refractivity contribution in [1.82, 2.24) is 14.7 Å². The monoisotopic (exact) mass is 659 g/mol. The molecule has 1 saturated heterocycles. The number of allylic oxidation sites excluding steroid dienone is 2. The second kappa shape index (κ2) is 29.7. The maximum absolute atomic E-state index is 12.7. The Kier molecular flexibility index (Phi) is 29.3. The number of Topliss-reactive ketones (excluding diaryl/α,β-unsaturated/α-hetero) is 1. The number of hydrogen-bond acceptors (Lipinski definition) is 5. The van der Waals surface area contributed by atoms with Gasteiger partial charge in [0.25, 0.3) is 0 Å². The maximum atomic E-state index is 12.7. The molecule has 2 rings (SSSR count). The molecule has 1 aliphatic heterocycles. The molecule has 7 heteroatoms. The van der Waals surface area contributed by atoms with Gasteiger partial charge in [-0.15, -0.1) is 0 Å². The van der Waals surface area contributed by atoms with E-state index in [9.17, 15) is 9.59 Å². The summed E-state index contributed by atoms with van der Waals surface area (Å²) in [6.45, 7) is 26.9. The molecule has 1 aromatic carbocycles. The highest BCUT2D eigenvalue weighted by Gasteiger charge is 2.25. The summed E-state index contributed by atoms with van der Waals surface area (Å²) in [5.74, 6) is 0.875. The molecule has 1 aliphatic rings. The molecular formula is C39H66ClN3O3. The van der Waals surface area contributed by atoms with Crippen LogP contribution in [0, 0.1) is 5.92 Å². The topological polar surface area (TPSA) is 60.9 Å². The van der Waals surface area contributed by atoms with Crippen LogP contribution < -0.4 is 0 Å². The van der Waals surface area contributed by atoms with Crippen LogP contribution in [-0.2, 0) is 20.8 Å². The number of aryl methyl sites for hydroxylation is 1. The highest BCUT2D eigenvalue weighted by Crippen LogP contribution is 2.20. The number of piperazine rings is 1. The van der Waals surface area contributed by atoms with Gasteiger partial charge in [0.1, 0.15) is 6.29 Å². The zero-order valence-electron chi connectivity index (χ0n) is 30.7. The van der Waals surface area contributed by atoms with E-state index in [1.54, 1.807) is 13.0 Å². The van der Waals surface area contributed by atoms with E-state index in [1.165, 1.54) is 31.7 Å². The summed E-state index contributed by atoms with van der Waals surface area (Å²) < 4.78 is 0. The van der Waals surface area contributed by atoms with Crippen molar-refractivity contribution < 1.29 is 14.4 Å². The Morgan fingerprint density at radius 1 is 1.04 bits per heavy atom. The quantitative estimate of drug-likeness (QED) is 0.100. The molecule has 1 aromatic rings. The third-order valence-corrected chi connectivity index (χ3v) is 7.95. The van der Waals surface area contributed by atoms with Crippen LogP contribution in [0.4, 0.5) is 0 Å². The van der Waals surface area contributed by atoms with Crippen LogP contribution in [0.5, 0.6) is 0 Å². The largest absolute Gasteiger partial charge is 0.340 e. The lowest BCUT2D eigenvalue weighted by Crippen LogP contribution is -2.46. The van der Waals surface area contributed by atoms with E-state index in [-0.39, 0.29) is 11.7 Å². The normalized spacial score (nSPS) is 13.6. The highest BCUT2D eigenvalue weighted by atomic mass is 35.5. The zero-order valence-corrected chi connectivity index (χ0v) is 31.5. The van der Waals surface area contributed by atoms with Crippen molar-refractivity contribution in [2.45, 2.75) is 114 Å². The van der Waals surface area contributed by atoms with Gasteiger partial charge < -0.3 is 14.6 Å². The van der Waals surface area contributed by atoms with Crippen LogP contribution in [0.1, 0.15) is 113 Å². The Morgan fingerprint density at radius 2 is 1.70 bits per heavy atom. The number of nitrogens with zero attached hydrogens (tertiary/aromatic N) is 3. The maximum Gasteiger partial charge on any atom is 0.246 e. The van der Waals surface area contributed by atoms with Crippen LogP contribution in [0.15, 0.2) is 60.5 Å². The molecule has 0 N–H and O–H groups in total. The number of rotatable bonds is 16. The second-order valence-corrected chi connectivity index (χ2v) is 11.7. The smallest absolute Gasteiger partial charge is 0.246 e. The standard InChI is InChI=1S/C27H47N3O2.C8H9Cl.C2H4O.C2H6/c1-7-10-11-15-26(25(6)31)30-21-20-29(22-24(30)5)27(32)16-13-19-28(17-8-2)18-12-14-23(4)9-3;1-2-7-5-3-4-6-8(7)9;1-2-3;1-2/h13,15-16,23H,5,7-12,14,17-22H2,1-4,6H3;3-6H,2H2,1H3;2H,1H3;1-2H3/b16-13+,26-15-;;;. The fraction of sp³-hybridized carbons (Fsp3) is 0.615. The van der Waals surface area contributed by atoms with E-state index < -0.39 is 0 Å². The third-order valence-electron chi connectivity index (χ3n) is 7.58. The summed E-state index contributed by atoms with van der Waals surface area (Å²) in [6, 6.07) is 7.91. The van der Waals surface area contributed by atoms with E-state index >= 15 is 0 Å². The molecule has 0 spiro atoms. The summed E-state index contributed by atoms with van der Waals surface area (Å²) in [7, 11) is 0. The first kappa shape index (κ1) is 45.4. The molecule has 0 aromatic heterocycles. The van der Waals surface area contributed by atoms with Crippen molar-refractivity contribution in [3.63, 3.8) is 0 Å². The van der Waals surface area contributed by atoms with Crippen molar-refractivity contribution in [3.8, 4) is 0 Å². The number of amides is 1. The van der Waals surface area contributed by atoms with E-state index in [0.717, 1.165) is 80.4 Å². The molecule has 1 atom stereocenters. The molecule has 0 aliphatic carbocycles. The van der Waals surface area contributed by atoms with Crippen molar-refractivity contribution in [2.24, 2.45) is 5.92 Å². The lowest BCUT2D eigenvalue weighted by Gasteiger charge is -2.38. The SMILES string of the molecule is C=C1CN(C(=O)/C=C/CN(CCC)CCCC(C)CC)CCN1/C(=C\CCCC)C(C)=O.CC.CC=O.CCc1ccccc1Cl. The van der Waals surface area contributed by atoms with Crippen LogP contribution >= 0.6 is 11.6 Å². The molecular weight excluding hydrogens is 594 g/mol. The summed E-state index contributed by atoms with van der Waals surface area (Å²) in [5.41, 5.74) is 2.76. The fourth-order valence-electron chi connectivity index (χ4n) is 4.80. The highest BCUT2D eigenvalue weighted by molar-refractivity contribution is 6.31. The van der Waals surface area contributed by atoms with Crippen molar-refractivity contribution in [2.75, 3.05) is 39.3 Å². The van der Waals surface area contributed by atoms with Crippen LogP contribution in [0.3, 0.4) is 0 Å². The molecule has 0 radical (unpaired) electrons. The van der Waals surface area contributed by atoms with E-state index in [2.05, 4.69) is 46.1 Å². The minimum atomic E-state index is 0.0289. The van der Waals surface area contributed by atoms with Gasteiger partial charge >= 0.3 is 0 Å². The predicted molar refractivity (Wildman–Crippen MR) is 199 cm³/mol. The van der Waals surface area contributed by atoms with E-state index in [4.69, 9.17) is 16.4 Å². The Labute approximate surface area is 287 Å². The van der Waals surface area contributed by atoms with Gasteiger partial charge in [0.2, 0.25) is 5.91 Å². The third kappa shape index (κ3) is 20.4. The van der Waals surface area contributed by atoms with Crippen LogP contribution in [0.25, 0.3) is 0 Å². The molecule has 262 valence electrons. The summed E-state index contributed by atoms with van der Waals surface area (Å²) >= 11 is 5.82. The van der Waals surface area contributed by atoms with Crippen molar-refractivity contribution in [3.05, 3.63) is 71.1 Å². The molecule has 1 fully saturated rings. The Hall–Kier alpha value is -2.70. The number of carbonyl (C=O) groups is 3. The van der Waals surface area contributed by atoms with E-state index in [0.29, 0.717) is 19.6 Å². The second-order valence-electron chi connectivity index (χ2n) is 11.3. The first-order valence-corrected chi connectivity index (χ1v) is 17.9. The van der Waals surface area contributed by atoms with Gasteiger partial charge in [-0.3, -0.25) is 14.5 Å². The first-order chi connectivity index (χ1) is 22.1. The number of halogens is 1. The number of benzene rings is 1. The fourth-order valence-corrected chi connectivity index (χ4v) is 5.07. The first-order valence-electron chi connectivity index (χ1n) is 17.6. The Balaban J connectivity index is 0. The van der Waals surface area contributed by atoms with Gasteiger partial charge in [0.05, 0.1) is 12.2 Å². The lowest BCUT2D eigenvalue weighted by atomic mass is 10.0. The van der Waals surface area contributed by atoms with Gasteiger partial charge in [0, 0.05) is 43.4 Å². The van der Waals surface area contributed by atoms with Crippen LogP contribution in [-0.4, -0.2) is 71.9 Å². The van der Waals surface area contributed by atoms with Crippen molar-refractivity contribution >= 4 is 29.6 Å². The molecule has 0 bridgehead atoms. The number of carbonyl (C=O) groups excluding carboxylic acids is 3. The van der Waals surface area contributed by atoms with E-state index in [1.807, 2.05) is 60.1 Å². The molecule has 0 saturated carbocycles. The average Bonchev–Trinajstić information content (AvgIpc) is 3.05. The van der Waals surface area contributed by atoms with Crippen molar-refractivity contribution in [1.29, 1.82) is 0 Å². The number of unbranched alkanes of at least 4 members (excludes halogenated alkanes) is 2. The lowest BCUT2D eigenvalue weighted by molar-refractivity contribution is -0.126. The summed E-state index contributed by atoms with van der Waals surface area (Å²) in [4.78, 5) is 39.9. The molecule has 1 heterocycles. The van der Waals surface area contributed by atoms with Gasteiger partial charge in [-0.2, -0.15) is 0 Å². The zero-order chi connectivity index (χ0) is 35.3. The summed E-state index contributed by atoms with van der Waals surface area (Å²) in [6.07, 6.45) is 15.4. The predicted octanol–water partition coefficient (Wildman–Crippen LogP) is 9.54. The minimum Gasteiger partial charge on any atom is -0.340 e. The van der Waals surface area contributed by atoms with Crippen LogP contribution in [0.2, 0.25) is 5.02 Å². The van der Waals surface area contributed by atoms with Gasteiger partial charge in [-0.1, -0.05) is 110 Å². The van der Waals surface area contributed by atoms with Gasteiger partial charge in [-0.25, -0.2) is 0 Å². The molecule has 46 heavy (non-hydrogen) atoms. The Bertz CT molecular complexity index is 1040. The number of ketones is 1. The molecule has 1 amide bonds. The minimum absolute atomic E-state index is 0.0289. The summed E-state index contributed by atoms with van der Waals surface area (Å²) in [5, 5.41) is 0.875. The Morgan fingerprint density at radius 3 is 2.20 bits per heavy atom.